The Bertz CT molecular complexity index is 1480. The van der Waals surface area contributed by atoms with Gasteiger partial charge in [0.1, 0.15) is 30.4 Å². The Morgan fingerprint density at radius 3 is 2.42 bits per heavy atom. The Labute approximate surface area is 234 Å². The number of aliphatic hydroxyl groups is 3. The van der Waals surface area contributed by atoms with Gasteiger partial charge in [0.05, 0.1) is 24.3 Å². The number of benzene rings is 1. The van der Waals surface area contributed by atoms with E-state index in [1.54, 1.807) is 6.07 Å². The molecule has 2 aliphatic rings. The standard InChI is InChI=1S/C25H33F2N2O9PS/c1-23(2,3)14-7-15(24(4,5)6)18-13(16(14)26)10-35-39(34,38-18)36-11-25(27)19(32)17(31)21(37-25)29-8-12(9-30)20(33)28-22(29)40/h7-8,17,19,21,30-32H,9-11H2,1-6H3,(H,28,33,40)/t17-,19+,21-,25-,39?/m1/s1. The third kappa shape index (κ3) is 5.56. The van der Waals surface area contributed by atoms with Crippen LogP contribution in [0.1, 0.15) is 70.0 Å². The number of nitrogens with one attached hydrogen (secondary N) is 1. The molecular weight excluding hydrogens is 573 g/mol. The van der Waals surface area contributed by atoms with E-state index in [4.69, 9.17) is 30.5 Å². The average Bonchev–Trinajstić information content (AvgIpc) is 3.06. The van der Waals surface area contributed by atoms with E-state index in [0.29, 0.717) is 11.1 Å². The Morgan fingerprint density at radius 2 is 1.85 bits per heavy atom. The summed E-state index contributed by atoms with van der Waals surface area (Å²) in [6.45, 7) is 8.75. The smallest absolute Gasteiger partial charge is 0.403 e. The van der Waals surface area contributed by atoms with E-state index in [1.807, 2.05) is 41.5 Å². The number of aliphatic hydroxyl groups excluding tert-OH is 3. The summed E-state index contributed by atoms with van der Waals surface area (Å²) in [6, 6.07) is 1.64. The molecule has 40 heavy (non-hydrogen) atoms. The molecule has 15 heteroatoms. The van der Waals surface area contributed by atoms with Gasteiger partial charge in [0.15, 0.2) is 11.0 Å². The first kappa shape index (κ1) is 30.9. The summed E-state index contributed by atoms with van der Waals surface area (Å²) in [5, 5.41) is 30.4. The van der Waals surface area contributed by atoms with Crippen molar-refractivity contribution in [2.45, 2.75) is 89.9 Å². The number of aromatic nitrogens is 2. The molecule has 0 amide bonds. The van der Waals surface area contributed by atoms with Gasteiger partial charge >= 0.3 is 7.82 Å². The lowest BCUT2D eigenvalue weighted by molar-refractivity contribution is -0.205. The molecule has 1 saturated heterocycles. The van der Waals surface area contributed by atoms with Crippen molar-refractivity contribution in [3.8, 4) is 5.75 Å². The van der Waals surface area contributed by atoms with Crippen LogP contribution in [0.4, 0.5) is 8.78 Å². The Morgan fingerprint density at radius 1 is 1.23 bits per heavy atom. The highest BCUT2D eigenvalue weighted by Crippen LogP contribution is 2.58. The summed E-state index contributed by atoms with van der Waals surface area (Å²) < 4.78 is 66.7. The number of hydrogen-bond donors (Lipinski definition) is 4. The lowest BCUT2D eigenvalue weighted by Crippen LogP contribution is -2.43. The number of fused-ring (bicyclic) bond motifs is 1. The highest BCUT2D eigenvalue weighted by Gasteiger charge is 2.57. The first-order chi connectivity index (χ1) is 18.3. The van der Waals surface area contributed by atoms with Crippen molar-refractivity contribution in [1.82, 2.24) is 9.55 Å². The van der Waals surface area contributed by atoms with Gasteiger partial charge in [-0.3, -0.25) is 23.4 Å². The number of rotatable bonds is 5. The van der Waals surface area contributed by atoms with Crippen molar-refractivity contribution in [1.29, 1.82) is 0 Å². The SMILES string of the molecule is CC(C)(C)c1cc(C(C)(C)C)c2c(c1F)COP(=O)(OC[C@@]1(F)O[C@@H](n3cc(CO)c(=O)[nH]c3=S)[C@H](O)[C@@H]1O)O2. The molecule has 4 rings (SSSR count). The molecule has 0 spiro atoms. The van der Waals surface area contributed by atoms with Gasteiger partial charge in [-0.2, -0.15) is 0 Å². The summed E-state index contributed by atoms with van der Waals surface area (Å²) in [5.74, 6) is -3.75. The fourth-order valence-corrected chi connectivity index (χ4v) is 5.95. The van der Waals surface area contributed by atoms with Crippen LogP contribution in [0, 0.1) is 10.6 Å². The summed E-state index contributed by atoms with van der Waals surface area (Å²) in [4.78, 5) is 14.1. The number of hydrogen-bond acceptors (Lipinski definition) is 10. The summed E-state index contributed by atoms with van der Waals surface area (Å²) >= 11 is 5.04. The second-order valence-corrected chi connectivity index (χ2v) is 13.9. The molecule has 1 unspecified atom stereocenters. The number of ether oxygens (including phenoxy) is 1. The maximum Gasteiger partial charge on any atom is 0.530 e. The highest BCUT2D eigenvalue weighted by atomic mass is 32.1. The van der Waals surface area contributed by atoms with Crippen LogP contribution in [-0.2, 0) is 42.4 Å². The maximum atomic E-state index is 15.8. The van der Waals surface area contributed by atoms with E-state index in [-0.39, 0.29) is 21.6 Å². The van der Waals surface area contributed by atoms with Gasteiger partial charge in [-0.1, -0.05) is 41.5 Å². The molecule has 0 saturated carbocycles. The van der Waals surface area contributed by atoms with Crippen LogP contribution in [0.3, 0.4) is 0 Å². The zero-order valence-electron chi connectivity index (χ0n) is 22.9. The minimum atomic E-state index is -4.57. The van der Waals surface area contributed by atoms with Crippen molar-refractivity contribution >= 4 is 20.0 Å². The van der Waals surface area contributed by atoms with Crippen LogP contribution in [0.25, 0.3) is 0 Å². The molecule has 5 atom stereocenters. The molecule has 4 N–H and O–H groups in total. The van der Waals surface area contributed by atoms with Gasteiger partial charge in [0, 0.05) is 11.8 Å². The largest absolute Gasteiger partial charge is 0.530 e. The van der Waals surface area contributed by atoms with E-state index in [1.165, 1.54) is 0 Å². The topological polar surface area (TPSA) is 152 Å². The molecule has 1 fully saturated rings. The lowest BCUT2D eigenvalue weighted by atomic mass is 9.78. The third-order valence-electron chi connectivity index (χ3n) is 6.77. The number of H-pyrrole nitrogens is 1. The third-order valence-corrected chi connectivity index (χ3v) is 8.38. The van der Waals surface area contributed by atoms with Gasteiger partial charge in [-0.25, -0.2) is 13.3 Å². The van der Waals surface area contributed by atoms with Crippen LogP contribution >= 0.6 is 20.0 Å². The molecular formula is C25H33F2N2O9PS. The number of phosphoric ester groups is 1. The molecule has 2 aromatic rings. The quantitative estimate of drug-likeness (QED) is 0.292. The van der Waals surface area contributed by atoms with E-state index in [9.17, 15) is 24.7 Å². The van der Waals surface area contributed by atoms with Gasteiger partial charge < -0.3 is 24.6 Å². The van der Waals surface area contributed by atoms with E-state index in [2.05, 4.69) is 4.98 Å². The van der Waals surface area contributed by atoms with E-state index >= 15 is 8.78 Å². The number of phosphoric acid groups is 1. The fourth-order valence-electron chi connectivity index (χ4n) is 4.47. The van der Waals surface area contributed by atoms with Crippen LogP contribution in [0.5, 0.6) is 5.75 Å². The Kier molecular flexibility index (Phi) is 8.00. The van der Waals surface area contributed by atoms with Crippen LogP contribution in [0.2, 0.25) is 0 Å². The Hall–Kier alpha value is -2.03. The monoisotopic (exact) mass is 606 g/mol. The Balaban J connectivity index is 1.61. The summed E-state index contributed by atoms with van der Waals surface area (Å²) in [7, 11) is -4.57. The molecule has 0 radical (unpaired) electrons. The molecule has 3 heterocycles. The summed E-state index contributed by atoms with van der Waals surface area (Å²) in [5.41, 5.74) is -0.995. The minimum absolute atomic E-state index is 0.0395. The minimum Gasteiger partial charge on any atom is -0.403 e. The average molecular weight is 607 g/mol. The molecule has 1 aromatic heterocycles. The molecule has 0 aliphatic carbocycles. The van der Waals surface area contributed by atoms with Crippen LogP contribution in [0.15, 0.2) is 17.1 Å². The molecule has 2 aliphatic heterocycles. The zero-order chi connectivity index (χ0) is 30.0. The number of aromatic amines is 1. The van der Waals surface area contributed by atoms with Crippen molar-refractivity contribution in [2.24, 2.45) is 0 Å². The second-order valence-electron chi connectivity index (χ2n) is 11.9. The maximum absolute atomic E-state index is 15.8. The first-order valence-electron chi connectivity index (χ1n) is 12.4. The van der Waals surface area contributed by atoms with Crippen molar-refractivity contribution in [3.63, 3.8) is 0 Å². The molecule has 11 nitrogen and oxygen atoms in total. The van der Waals surface area contributed by atoms with Gasteiger partial charge in [-0.15, -0.1) is 0 Å². The predicted octanol–water partition coefficient (Wildman–Crippen LogP) is 3.78. The van der Waals surface area contributed by atoms with Crippen molar-refractivity contribution in [2.75, 3.05) is 6.61 Å². The molecule has 1 aromatic carbocycles. The van der Waals surface area contributed by atoms with Gasteiger partial charge in [0.25, 0.3) is 11.4 Å². The highest BCUT2D eigenvalue weighted by molar-refractivity contribution is 7.71. The summed E-state index contributed by atoms with van der Waals surface area (Å²) in [6.07, 6.45) is -4.73. The number of halogens is 2. The molecule has 222 valence electrons. The lowest BCUT2D eigenvalue weighted by Gasteiger charge is -2.34. The molecule has 0 bridgehead atoms. The normalized spacial score (nSPS) is 28.8. The van der Waals surface area contributed by atoms with E-state index < -0.39 is 74.1 Å². The van der Waals surface area contributed by atoms with Crippen molar-refractivity contribution in [3.05, 3.63) is 55.5 Å². The number of nitrogens with zero attached hydrogens (tertiary/aromatic N) is 1. The predicted molar refractivity (Wildman–Crippen MR) is 141 cm³/mol. The van der Waals surface area contributed by atoms with E-state index in [0.717, 1.165) is 10.8 Å². The zero-order valence-corrected chi connectivity index (χ0v) is 24.6. The second kappa shape index (κ2) is 10.4. The van der Waals surface area contributed by atoms with Gasteiger partial charge in [-0.05, 0) is 34.7 Å². The first-order valence-corrected chi connectivity index (χ1v) is 14.3. The van der Waals surface area contributed by atoms with Crippen LogP contribution < -0.4 is 10.1 Å². The fraction of sp³-hybridized carbons (Fsp3) is 0.600. The van der Waals surface area contributed by atoms with Gasteiger partial charge in [0.2, 0.25) is 0 Å². The van der Waals surface area contributed by atoms with Crippen LogP contribution in [-0.4, -0.2) is 49.5 Å². The van der Waals surface area contributed by atoms with Crippen molar-refractivity contribution < 1.29 is 47.0 Å². The number of alkyl halides is 1.